The molecule has 0 aliphatic carbocycles. The molecule has 3 atom stereocenters. The number of carbonyl (C=O) groups excluding carboxylic acids is 4. The van der Waals surface area contributed by atoms with Gasteiger partial charge in [0, 0.05) is 19.1 Å². The third kappa shape index (κ3) is 16.1. The number of unbranched alkanes of at least 4 members (excludes halogenated alkanes) is 3. The van der Waals surface area contributed by atoms with Crippen molar-refractivity contribution < 1.29 is 19.2 Å². The number of primary amides is 1. The second kappa shape index (κ2) is 19.7. The van der Waals surface area contributed by atoms with Crippen molar-refractivity contribution in [2.75, 3.05) is 24.1 Å². The van der Waals surface area contributed by atoms with Crippen LogP contribution in [0.25, 0.3) is 0 Å². The summed E-state index contributed by atoms with van der Waals surface area (Å²) in [5, 5.41) is 14.3. The summed E-state index contributed by atoms with van der Waals surface area (Å²) in [6.07, 6.45) is 4.96. The van der Waals surface area contributed by atoms with Crippen LogP contribution in [0.4, 0.5) is 4.79 Å². The number of urea groups is 1. The quantitative estimate of drug-likeness (QED) is 0.0566. The summed E-state index contributed by atoms with van der Waals surface area (Å²) in [5.74, 6) is -0.448. The summed E-state index contributed by atoms with van der Waals surface area (Å²) in [6.45, 7) is 7.38. The predicted molar refractivity (Wildman–Crippen MR) is 144 cm³/mol. The molecule has 0 aromatic rings. The Kier molecular flexibility index (Phi) is 18.8. The summed E-state index contributed by atoms with van der Waals surface area (Å²) in [6, 6.07) is -2.02. The van der Waals surface area contributed by atoms with Gasteiger partial charge in [0.05, 0.1) is 18.3 Å². The molecule has 7 N–H and O–H groups in total. The fraction of sp³-hybridized carbons (Fsp3) is 0.818. The summed E-state index contributed by atoms with van der Waals surface area (Å²) in [7, 11) is 5.60. The van der Waals surface area contributed by atoms with E-state index in [0.717, 1.165) is 25.7 Å². The smallest absolute Gasteiger partial charge is 0.312 e. The molecule has 0 spiro atoms. The number of hydrogen-bond acceptors (Lipinski definition) is 5. The standard InChI is InChI=1S/C22H42BIN6O4/c1-15(2)19(27-11-7-5-4-6-10-26-18(31)14-24)21(33)30-17(9-8-12-28-22(25)34)20(32)29-16(3)13-23/h15-17,19,27H,4-14H2,1-3H3,(H,26,31)(H,29,32)(H,30,33)(H3,25,28,34)/t16-,17+,19?/m1/s1. The van der Waals surface area contributed by atoms with Crippen molar-refractivity contribution in [1.82, 2.24) is 26.6 Å². The van der Waals surface area contributed by atoms with Gasteiger partial charge in [-0.1, -0.05) is 55.6 Å². The van der Waals surface area contributed by atoms with Crippen LogP contribution in [0.15, 0.2) is 0 Å². The Bertz CT molecular complexity index is 626. The first-order valence-electron chi connectivity index (χ1n) is 12.0. The molecule has 5 amide bonds. The van der Waals surface area contributed by atoms with Crippen molar-refractivity contribution in [3.63, 3.8) is 0 Å². The Morgan fingerprint density at radius 1 is 0.853 bits per heavy atom. The van der Waals surface area contributed by atoms with Crippen LogP contribution < -0.4 is 32.3 Å². The number of rotatable bonds is 19. The van der Waals surface area contributed by atoms with E-state index in [0.29, 0.717) is 36.9 Å². The van der Waals surface area contributed by atoms with Gasteiger partial charge < -0.3 is 32.3 Å². The lowest BCUT2D eigenvalue weighted by molar-refractivity contribution is -0.131. The van der Waals surface area contributed by atoms with Crippen LogP contribution in [0.5, 0.6) is 0 Å². The van der Waals surface area contributed by atoms with Gasteiger partial charge in [0.1, 0.15) is 6.04 Å². The third-order valence-corrected chi connectivity index (χ3v) is 5.90. The van der Waals surface area contributed by atoms with E-state index in [2.05, 4.69) is 26.6 Å². The van der Waals surface area contributed by atoms with Crippen molar-refractivity contribution in [2.24, 2.45) is 11.7 Å². The molecule has 0 fully saturated rings. The van der Waals surface area contributed by atoms with Crippen molar-refractivity contribution in [3.05, 3.63) is 0 Å². The molecule has 10 nitrogen and oxygen atoms in total. The summed E-state index contributed by atoms with van der Waals surface area (Å²) >= 11 is 2.04. The van der Waals surface area contributed by atoms with Gasteiger partial charge in [0.25, 0.3) is 0 Å². The molecule has 0 aromatic carbocycles. The highest BCUT2D eigenvalue weighted by atomic mass is 127. The fourth-order valence-electron chi connectivity index (χ4n) is 3.22. The van der Waals surface area contributed by atoms with Crippen LogP contribution in [-0.2, 0) is 14.4 Å². The minimum Gasteiger partial charge on any atom is -0.355 e. The second-order valence-electron chi connectivity index (χ2n) is 8.71. The highest BCUT2D eigenvalue weighted by Gasteiger charge is 2.27. The first kappa shape index (κ1) is 32.4. The van der Waals surface area contributed by atoms with Gasteiger partial charge in [-0.25, -0.2) is 4.79 Å². The summed E-state index contributed by atoms with van der Waals surface area (Å²) < 4.78 is 0.471. The highest BCUT2D eigenvalue weighted by molar-refractivity contribution is 14.1. The van der Waals surface area contributed by atoms with Crippen LogP contribution in [0.2, 0.25) is 6.32 Å². The number of nitrogens with one attached hydrogen (secondary N) is 5. The summed E-state index contributed by atoms with van der Waals surface area (Å²) in [5.41, 5.74) is 5.08. The van der Waals surface area contributed by atoms with Crippen molar-refractivity contribution in [3.8, 4) is 0 Å². The lowest BCUT2D eigenvalue weighted by atomic mass is 9.98. The van der Waals surface area contributed by atoms with E-state index in [1.54, 1.807) is 6.92 Å². The van der Waals surface area contributed by atoms with Crippen LogP contribution in [0, 0.1) is 5.92 Å². The lowest BCUT2D eigenvalue weighted by Gasteiger charge is -2.26. The molecule has 0 aliphatic rings. The molecule has 34 heavy (non-hydrogen) atoms. The molecule has 0 heterocycles. The van der Waals surface area contributed by atoms with E-state index in [9.17, 15) is 19.2 Å². The molecule has 2 radical (unpaired) electrons. The Hall–Kier alpha value is -1.57. The molecule has 12 heteroatoms. The van der Waals surface area contributed by atoms with E-state index in [-0.39, 0.29) is 36.0 Å². The first-order valence-corrected chi connectivity index (χ1v) is 13.5. The van der Waals surface area contributed by atoms with Gasteiger partial charge in [-0.15, -0.1) is 0 Å². The van der Waals surface area contributed by atoms with Gasteiger partial charge in [-0.2, -0.15) is 0 Å². The van der Waals surface area contributed by atoms with E-state index >= 15 is 0 Å². The molecule has 0 rings (SSSR count). The highest BCUT2D eigenvalue weighted by Crippen LogP contribution is 2.06. The third-order valence-electron chi connectivity index (χ3n) is 5.20. The number of alkyl halides is 1. The predicted octanol–water partition coefficient (Wildman–Crippen LogP) is 0.737. The Balaban J connectivity index is 4.65. The van der Waals surface area contributed by atoms with Crippen LogP contribution in [0.1, 0.15) is 59.3 Å². The second-order valence-corrected chi connectivity index (χ2v) is 9.48. The number of carbonyl (C=O) groups is 4. The van der Waals surface area contributed by atoms with Crippen LogP contribution in [0.3, 0.4) is 0 Å². The zero-order valence-corrected chi connectivity index (χ0v) is 22.9. The zero-order valence-electron chi connectivity index (χ0n) is 20.8. The average Bonchev–Trinajstić information content (AvgIpc) is 2.78. The maximum Gasteiger partial charge on any atom is 0.312 e. The monoisotopic (exact) mass is 592 g/mol. The maximum atomic E-state index is 13.0. The number of amides is 5. The Labute approximate surface area is 219 Å². The molecule has 1 unspecified atom stereocenters. The molecular formula is C22H42BIN6O4. The van der Waals surface area contributed by atoms with Crippen molar-refractivity contribution >= 4 is 54.2 Å². The van der Waals surface area contributed by atoms with E-state index in [1.165, 1.54) is 0 Å². The molecule has 0 aromatic heterocycles. The van der Waals surface area contributed by atoms with Gasteiger partial charge >= 0.3 is 6.03 Å². The number of hydrogen-bond donors (Lipinski definition) is 6. The maximum absolute atomic E-state index is 13.0. The largest absolute Gasteiger partial charge is 0.355 e. The van der Waals surface area contributed by atoms with Gasteiger partial charge in [0.15, 0.2) is 0 Å². The van der Waals surface area contributed by atoms with Gasteiger partial charge in [-0.3, -0.25) is 14.4 Å². The topological polar surface area (TPSA) is 154 Å². The Morgan fingerprint density at radius 3 is 2.03 bits per heavy atom. The molecule has 0 aliphatic heterocycles. The normalized spacial score (nSPS) is 13.6. The minimum atomic E-state index is -0.739. The van der Waals surface area contributed by atoms with Crippen molar-refractivity contribution in [1.29, 1.82) is 0 Å². The van der Waals surface area contributed by atoms with E-state index in [4.69, 9.17) is 13.6 Å². The zero-order chi connectivity index (χ0) is 25.9. The fourth-order valence-corrected chi connectivity index (χ4v) is 3.49. The number of nitrogens with two attached hydrogens (primary N) is 1. The molecule has 0 bridgehead atoms. The van der Waals surface area contributed by atoms with E-state index in [1.807, 2.05) is 36.4 Å². The van der Waals surface area contributed by atoms with E-state index < -0.39 is 18.1 Å². The number of halogens is 1. The molecular weight excluding hydrogens is 550 g/mol. The average molecular weight is 592 g/mol. The van der Waals surface area contributed by atoms with Crippen molar-refractivity contribution in [2.45, 2.75) is 83.7 Å². The SMILES string of the molecule is [B]C[C@@H](C)NC(=O)[C@H](CCCNC(N)=O)NC(=O)C(NCCCCCCNC(=O)CI)C(C)C. The molecule has 0 saturated heterocycles. The molecule has 0 saturated carbocycles. The Morgan fingerprint density at radius 2 is 1.47 bits per heavy atom. The lowest BCUT2D eigenvalue weighted by Crippen LogP contribution is -2.55. The van der Waals surface area contributed by atoms with Gasteiger partial charge in [0.2, 0.25) is 17.7 Å². The van der Waals surface area contributed by atoms with Crippen LogP contribution in [-0.4, -0.2) is 73.8 Å². The van der Waals surface area contributed by atoms with Gasteiger partial charge in [-0.05, 0) is 45.1 Å². The molecule has 194 valence electrons. The first-order chi connectivity index (χ1) is 16.1. The minimum absolute atomic E-state index is 0.0340. The summed E-state index contributed by atoms with van der Waals surface area (Å²) in [4.78, 5) is 47.7. The van der Waals surface area contributed by atoms with Crippen LogP contribution >= 0.6 is 22.6 Å².